The van der Waals surface area contributed by atoms with Gasteiger partial charge in [-0.25, -0.2) is 4.79 Å². The Hall–Kier alpha value is -0.810. The lowest BCUT2D eigenvalue weighted by molar-refractivity contribution is 0.0407. The second-order valence-electron chi connectivity index (χ2n) is 6.17. The Morgan fingerprint density at radius 1 is 1.35 bits per heavy atom. The van der Waals surface area contributed by atoms with Crippen molar-refractivity contribution in [3.63, 3.8) is 0 Å². The van der Waals surface area contributed by atoms with E-state index in [0.717, 1.165) is 19.3 Å². The Morgan fingerprint density at radius 2 is 2.00 bits per heavy atom. The van der Waals surface area contributed by atoms with Crippen LogP contribution in [-0.2, 0) is 9.47 Å². The van der Waals surface area contributed by atoms with Crippen molar-refractivity contribution < 1.29 is 14.3 Å². The summed E-state index contributed by atoms with van der Waals surface area (Å²) in [6.45, 7) is 6.68. The van der Waals surface area contributed by atoms with Crippen LogP contribution in [0.25, 0.3) is 0 Å². The van der Waals surface area contributed by atoms with Gasteiger partial charge in [-0.05, 0) is 40.0 Å². The zero-order chi connectivity index (χ0) is 12.7. The molecule has 1 saturated heterocycles. The number of nitrogens with two attached hydrogens (primary N) is 1. The van der Waals surface area contributed by atoms with Gasteiger partial charge in [0.25, 0.3) is 0 Å². The summed E-state index contributed by atoms with van der Waals surface area (Å²) >= 11 is 0. The van der Waals surface area contributed by atoms with Gasteiger partial charge in [0, 0.05) is 12.1 Å². The van der Waals surface area contributed by atoms with E-state index in [1.165, 1.54) is 0 Å². The van der Waals surface area contributed by atoms with Crippen molar-refractivity contribution in [2.75, 3.05) is 13.2 Å². The summed E-state index contributed by atoms with van der Waals surface area (Å²) in [5, 5.41) is 2.94. The predicted octanol–water partition coefficient (Wildman–Crippen LogP) is 1.16. The minimum Gasteiger partial charge on any atom is -0.444 e. The van der Waals surface area contributed by atoms with Gasteiger partial charge < -0.3 is 20.5 Å². The van der Waals surface area contributed by atoms with Crippen molar-refractivity contribution in [1.82, 2.24) is 5.32 Å². The molecule has 1 aliphatic heterocycles. The molecule has 1 atom stereocenters. The fourth-order valence-corrected chi connectivity index (χ4v) is 2.29. The van der Waals surface area contributed by atoms with Crippen molar-refractivity contribution in [2.24, 2.45) is 5.73 Å². The number of hydrogen-bond acceptors (Lipinski definition) is 4. The van der Waals surface area contributed by atoms with Crippen LogP contribution in [0, 0.1) is 0 Å². The standard InChI is InChI=1S/C12H22N2O3/c1-10(2,3)17-9(15)14-12(6-7-16-8-12)11(13)4-5-11/h4-8,13H2,1-3H3,(H,14,15). The molecule has 2 aliphatic rings. The molecule has 17 heavy (non-hydrogen) atoms. The Bertz CT molecular complexity index is 312. The van der Waals surface area contributed by atoms with Gasteiger partial charge in [0.2, 0.25) is 0 Å². The third kappa shape index (κ3) is 2.55. The first kappa shape index (κ1) is 12.6. The van der Waals surface area contributed by atoms with Crippen molar-refractivity contribution in [3.8, 4) is 0 Å². The van der Waals surface area contributed by atoms with Crippen molar-refractivity contribution >= 4 is 6.09 Å². The van der Waals surface area contributed by atoms with Crippen LogP contribution in [0.15, 0.2) is 0 Å². The molecular formula is C12H22N2O3. The lowest BCUT2D eigenvalue weighted by Crippen LogP contribution is -2.63. The van der Waals surface area contributed by atoms with Gasteiger partial charge in [0.1, 0.15) is 5.60 Å². The number of rotatable bonds is 2. The van der Waals surface area contributed by atoms with E-state index in [9.17, 15) is 4.79 Å². The number of amides is 1. The minimum atomic E-state index is -0.490. The maximum Gasteiger partial charge on any atom is 0.408 e. The Labute approximate surface area is 102 Å². The van der Waals surface area contributed by atoms with E-state index in [2.05, 4.69) is 5.32 Å². The lowest BCUT2D eigenvalue weighted by atomic mass is 9.87. The highest BCUT2D eigenvalue weighted by atomic mass is 16.6. The number of carbonyl (C=O) groups is 1. The average molecular weight is 242 g/mol. The van der Waals surface area contributed by atoms with Crippen molar-refractivity contribution in [1.29, 1.82) is 0 Å². The molecule has 1 heterocycles. The highest BCUT2D eigenvalue weighted by molar-refractivity contribution is 5.69. The van der Waals surface area contributed by atoms with Crippen LogP contribution in [0.2, 0.25) is 0 Å². The van der Waals surface area contributed by atoms with Gasteiger partial charge in [-0.15, -0.1) is 0 Å². The molecule has 98 valence electrons. The summed E-state index contributed by atoms with van der Waals surface area (Å²) in [5.41, 5.74) is 5.02. The van der Waals surface area contributed by atoms with Crippen LogP contribution in [0.5, 0.6) is 0 Å². The van der Waals surface area contributed by atoms with Gasteiger partial charge in [-0.2, -0.15) is 0 Å². The number of carbonyl (C=O) groups excluding carboxylic acids is 1. The van der Waals surface area contributed by atoms with E-state index in [1.807, 2.05) is 20.8 Å². The predicted molar refractivity (Wildman–Crippen MR) is 63.7 cm³/mol. The third-order valence-corrected chi connectivity index (χ3v) is 3.50. The molecule has 5 nitrogen and oxygen atoms in total. The molecule has 2 fully saturated rings. The fourth-order valence-electron chi connectivity index (χ4n) is 2.29. The van der Waals surface area contributed by atoms with E-state index >= 15 is 0 Å². The first-order valence-electron chi connectivity index (χ1n) is 6.14. The maximum absolute atomic E-state index is 11.8. The monoisotopic (exact) mass is 242 g/mol. The summed E-state index contributed by atoms with van der Waals surface area (Å²) in [4.78, 5) is 11.8. The summed E-state index contributed by atoms with van der Waals surface area (Å²) < 4.78 is 10.7. The van der Waals surface area contributed by atoms with Gasteiger partial charge in [-0.1, -0.05) is 0 Å². The summed E-state index contributed by atoms with van der Waals surface area (Å²) in [6, 6.07) is 0. The van der Waals surface area contributed by atoms with Gasteiger partial charge >= 0.3 is 6.09 Å². The summed E-state index contributed by atoms with van der Waals surface area (Å²) in [5.74, 6) is 0. The Kier molecular flexibility index (Phi) is 2.86. The van der Waals surface area contributed by atoms with E-state index in [-0.39, 0.29) is 5.54 Å². The molecule has 3 N–H and O–H groups in total. The number of hydrogen-bond donors (Lipinski definition) is 2. The smallest absolute Gasteiger partial charge is 0.408 e. The first-order valence-corrected chi connectivity index (χ1v) is 6.14. The highest BCUT2D eigenvalue weighted by Crippen LogP contribution is 2.46. The molecule has 0 spiro atoms. The average Bonchev–Trinajstić information content (AvgIpc) is 2.74. The molecule has 2 rings (SSSR count). The number of nitrogens with one attached hydrogen (secondary N) is 1. The first-order chi connectivity index (χ1) is 7.77. The molecule has 1 unspecified atom stereocenters. The third-order valence-electron chi connectivity index (χ3n) is 3.50. The topological polar surface area (TPSA) is 73.6 Å². The van der Waals surface area contributed by atoms with E-state index in [1.54, 1.807) is 0 Å². The maximum atomic E-state index is 11.8. The summed E-state index contributed by atoms with van der Waals surface area (Å²) in [7, 11) is 0. The van der Waals surface area contributed by atoms with Crippen molar-refractivity contribution in [3.05, 3.63) is 0 Å². The van der Waals surface area contributed by atoms with Crippen LogP contribution in [0.3, 0.4) is 0 Å². The molecular weight excluding hydrogens is 220 g/mol. The molecule has 5 heteroatoms. The number of ether oxygens (including phenoxy) is 2. The second-order valence-corrected chi connectivity index (χ2v) is 6.17. The fraction of sp³-hybridized carbons (Fsp3) is 0.917. The molecule has 0 bridgehead atoms. The number of alkyl carbamates (subject to hydrolysis) is 1. The molecule has 1 aliphatic carbocycles. The van der Waals surface area contributed by atoms with Crippen LogP contribution >= 0.6 is 0 Å². The minimum absolute atomic E-state index is 0.305. The SMILES string of the molecule is CC(C)(C)OC(=O)NC1(C2(N)CC2)CCOC1. The van der Waals surface area contributed by atoms with Crippen LogP contribution in [0.4, 0.5) is 4.79 Å². The molecule has 1 saturated carbocycles. The zero-order valence-electron chi connectivity index (χ0n) is 10.8. The van der Waals surface area contributed by atoms with Gasteiger partial charge in [-0.3, -0.25) is 0 Å². The molecule has 0 aromatic carbocycles. The normalized spacial score (nSPS) is 31.1. The van der Waals surface area contributed by atoms with Gasteiger partial charge in [0.15, 0.2) is 0 Å². The van der Waals surface area contributed by atoms with E-state index in [0.29, 0.717) is 13.2 Å². The van der Waals surface area contributed by atoms with Crippen LogP contribution < -0.4 is 11.1 Å². The van der Waals surface area contributed by atoms with Crippen molar-refractivity contribution in [2.45, 2.75) is 56.7 Å². The molecule has 0 aromatic heterocycles. The highest BCUT2D eigenvalue weighted by Gasteiger charge is 2.59. The Morgan fingerprint density at radius 3 is 2.41 bits per heavy atom. The summed E-state index contributed by atoms with van der Waals surface area (Å²) in [6.07, 6.45) is 2.24. The largest absolute Gasteiger partial charge is 0.444 e. The van der Waals surface area contributed by atoms with E-state index in [4.69, 9.17) is 15.2 Å². The van der Waals surface area contributed by atoms with Crippen LogP contribution in [-0.4, -0.2) is 36.0 Å². The van der Waals surface area contributed by atoms with E-state index < -0.39 is 17.2 Å². The van der Waals surface area contributed by atoms with Gasteiger partial charge in [0.05, 0.1) is 12.1 Å². The molecule has 0 radical (unpaired) electrons. The molecule has 1 amide bonds. The molecule has 0 aromatic rings. The van der Waals surface area contributed by atoms with Crippen LogP contribution in [0.1, 0.15) is 40.0 Å². The lowest BCUT2D eigenvalue weighted by Gasteiger charge is -2.35. The Balaban J connectivity index is 2.02. The second kappa shape index (κ2) is 3.85. The zero-order valence-corrected chi connectivity index (χ0v) is 10.8. The quantitative estimate of drug-likeness (QED) is 0.762.